The Morgan fingerprint density at radius 3 is 2.17 bits per heavy atom. The third-order valence-electron chi connectivity index (χ3n) is 5.25. The van der Waals surface area contributed by atoms with Gasteiger partial charge >= 0.3 is 11.3 Å². The highest BCUT2D eigenvalue weighted by atomic mass is 35.5. The molecule has 5 rings (SSSR count). The van der Waals surface area contributed by atoms with Gasteiger partial charge in [-0.15, -0.1) is 0 Å². The average Bonchev–Trinajstić information content (AvgIpc) is 2.75. The van der Waals surface area contributed by atoms with Crippen LogP contribution in [0, 0.1) is 0 Å². The van der Waals surface area contributed by atoms with E-state index >= 15 is 0 Å². The van der Waals surface area contributed by atoms with Gasteiger partial charge in [0.25, 0.3) is 0 Å². The van der Waals surface area contributed by atoms with E-state index in [1.165, 1.54) is 10.8 Å². The van der Waals surface area contributed by atoms with Crippen LogP contribution in [0.2, 0.25) is 0 Å². The first-order chi connectivity index (χ1) is 13.7. The first-order valence-electron chi connectivity index (χ1n) is 9.35. The normalized spacial score (nSPS) is 11.7. The molecule has 0 radical (unpaired) electrons. The van der Waals surface area contributed by atoms with Crippen molar-refractivity contribution in [1.29, 1.82) is 0 Å². The van der Waals surface area contributed by atoms with Crippen LogP contribution < -0.4 is 12.4 Å². The van der Waals surface area contributed by atoms with E-state index in [-0.39, 0.29) is 18.2 Å². The molecule has 0 saturated carbocycles. The highest BCUT2D eigenvalue weighted by Gasteiger charge is 2.16. The molecule has 0 atom stereocenters. The minimum Gasteiger partial charge on any atom is -1.00 e. The number of aromatic hydroxyl groups is 1. The van der Waals surface area contributed by atoms with Crippen LogP contribution in [0.15, 0.2) is 89.3 Å². The quantitative estimate of drug-likeness (QED) is 0.355. The van der Waals surface area contributed by atoms with Gasteiger partial charge in [0.1, 0.15) is 5.75 Å². The molecule has 1 N–H and O–H groups in total. The van der Waals surface area contributed by atoms with E-state index in [1.54, 1.807) is 6.07 Å². The number of rotatable bonds is 2. The fourth-order valence-corrected chi connectivity index (χ4v) is 3.78. The van der Waals surface area contributed by atoms with Crippen LogP contribution in [0.25, 0.3) is 44.2 Å². The maximum atomic E-state index is 10.4. The molecule has 0 aliphatic carbocycles. The number of benzene rings is 4. The van der Waals surface area contributed by atoms with E-state index in [2.05, 4.69) is 24.3 Å². The second-order valence-electron chi connectivity index (χ2n) is 7.05. The van der Waals surface area contributed by atoms with E-state index in [1.807, 2.05) is 67.6 Å². The molecular weight excluding hydrogens is 380 g/mol. The molecule has 0 saturated heterocycles. The molecule has 2 nitrogen and oxygen atoms in total. The van der Waals surface area contributed by atoms with E-state index in [9.17, 15) is 5.11 Å². The van der Waals surface area contributed by atoms with Crippen molar-refractivity contribution in [2.45, 2.75) is 6.92 Å². The number of phenols is 1. The number of fused-ring (bicyclic) bond motifs is 4. The second kappa shape index (κ2) is 7.57. The Morgan fingerprint density at radius 2 is 1.38 bits per heavy atom. The predicted molar refractivity (Wildman–Crippen MR) is 117 cm³/mol. The van der Waals surface area contributed by atoms with E-state index in [4.69, 9.17) is 4.42 Å². The van der Waals surface area contributed by atoms with Crippen molar-refractivity contribution in [2.24, 2.45) is 0 Å². The molecule has 0 aliphatic heterocycles. The minimum atomic E-state index is 0. The van der Waals surface area contributed by atoms with Crippen LogP contribution in [0.5, 0.6) is 5.75 Å². The zero-order chi connectivity index (χ0) is 19.1. The van der Waals surface area contributed by atoms with Crippen molar-refractivity contribution < 1.29 is 21.9 Å². The summed E-state index contributed by atoms with van der Waals surface area (Å²) in [5.74, 6) is 1.06. The fraction of sp³-hybridized carbons (Fsp3) is 0.0385. The summed E-state index contributed by atoms with van der Waals surface area (Å²) in [7, 11) is 0. The maximum Gasteiger partial charge on any atom is 0.361 e. The van der Waals surface area contributed by atoms with Crippen LogP contribution >= 0.6 is 0 Å². The molecule has 5 aromatic rings. The Morgan fingerprint density at radius 1 is 0.724 bits per heavy atom. The summed E-state index contributed by atoms with van der Waals surface area (Å²) < 4.78 is 6.21. The standard InChI is InChI=1S/C26H18O2.ClH/c1-17(16-23-21-9-5-3-6-18(21)10-13-24(23)27)25-15-12-22-20-8-4-2-7-19(20)11-14-26(22)28-25;/h2-16H,1H3;1H/b17-16+;. The number of allylic oxidation sites excluding steroid dienone is 1. The number of hydrogen-bond donors (Lipinski definition) is 1. The lowest BCUT2D eigenvalue weighted by Crippen LogP contribution is -3.00. The molecule has 1 heterocycles. The smallest absolute Gasteiger partial charge is 0.361 e. The Balaban J connectivity index is 0.00000205. The molecule has 0 aliphatic rings. The summed E-state index contributed by atoms with van der Waals surface area (Å²) in [6, 6.07) is 28.3. The van der Waals surface area contributed by atoms with Crippen LogP contribution in [0.4, 0.5) is 0 Å². The zero-order valence-corrected chi connectivity index (χ0v) is 16.6. The third kappa shape index (κ3) is 3.32. The number of hydrogen-bond acceptors (Lipinski definition) is 1. The lowest BCUT2D eigenvalue weighted by atomic mass is 10.0. The number of halogens is 1. The maximum absolute atomic E-state index is 10.4. The molecule has 4 aromatic carbocycles. The van der Waals surface area contributed by atoms with Crippen molar-refractivity contribution in [2.75, 3.05) is 0 Å². The Labute approximate surface area is 175 Å². The molecule has 142 valence electrons. The van der Waals surface area contributed by atoms with E-state index < -0.39 is 0 Å². The first-order valence-corrected chi connectivity index (χ1v) is 9.35. The summed E-state index contributed by atoms with van der Waals surface area (Å²) in [6.07, 6.45) is 1.99. The molecule has 0 fully saturated rings. The summed E-state index contributed by atoms with van der Waals surface area (Å²) in [5.41, 5.74) is 2.62. The third-order valence-corrected chi connectivity index (χ3v) is 5.25. The van der Waals surface area contributed by atoms with Gasteiger partial charge in [-0.2, -0.15) is 0 Å². The summed E-state index contributed by atoms with van der Waals surface area (Å²) in [5, 5.41) is 16.0. The first kappa shape index (κ1) is 19.0. The summed E-state index contributed by atoms with van der Waals surface area (Å²) in [6.45, 7) is 2.01. The molecule has 0 unspecified atom stereocenters. The van der Waals surface area contributed by atoms with Crippen molar-refractivity contribution in [3.8, 4) is 5.75 Å². The molecule has 29 heavy (non-hydrogen) atoms. The second-order valence-corrected chi connectivity index (χ2v) is 7.05. The molecular formula is C26H19ClO2. The van der Waals surface area contributed by atoms with Crippen molar-refractivity contribution in [3.05, 3.63) is 96.3 Å². The van der Waals surface area contributed by atoms with Gasteiger partial charge < -0.3 is 17.5 Å². The minimum absolute atomic E-state index is 0. The van der Waals surface area contributed by atoms with Gasteiger partial charge in [0, 0.05) is 17.7 Å². The Kier molecular flexibility index (Phi) is 4.96. The highest BCUT2D eigenvalue weighted by molar-refractivity contribution is 6.05. The van der Waals surface area contributed by atoms with Gasteiger partial charge in [-0.1, -0.05) is 54.6 Å². The van der Waals surface area contributed by atoms with Gasteiger partial charge in [-0.05, 0) is 52.7 Å². The monoisotopic (exact) mass is 398 g/mol. The molecule has 0 spiro atoms. The van der Waals surface area contributed by atoms with Gasteiger partial charge in [0.15, 0.2) is 0 Å². The predicted octanol–water partition coefficient (Wildman–Crippen LogP) is 4.29. The summed E-state index contributed by atoms with van der Waals surface area (Å²) >= 11 is 0. The van der Waals surface area contributed by atoms with Crippen LogP contribution in [0.1, 0.15) is 18.2 Å². The highest BCUT2D eigenvalue weighted by Crippen LogP contribution is 2.32. The van der Waals surface area contributed by atoms with Crippen molar-refractivity contribution in [1.82, 2.24) is 0 Å². The largest absolute Gasteiger partial charge is 1.00 e. The van der Waals surface area contributed by atoms with E-state index in [0.717, 1.165) is 38.6 Å². The summed E-state index contributed by atoms with van der Waals surface area (Å²) in [4.78, 5) is 0. The van der Waals surface area contributed by atoms with E-state index in [0.29, 0.717) is 0 Å². The van der Waals surface area contributed by atoms with Crippen molar-refractivity contribution >= 4 is 44.2 Å². The van der Waals surface area contributed by atoms with Crippen LogP contribution in [0.3, 0.4) is 0 Å². The molecule has 0 amide bonds. The van der Waals surface area contributed by atoms with Gasteiger partial charge in [0.05, 0.1) is 11.0 Å². The molecule has 3 heteroatoms. The lowest BCUT2D eigenvalue weighted by Gasteiger charge is -2.05. The zero-order valence-electron chi connectivity index (χ0n) is 15.9. The lowest BCUT2D eigenvalue weighted by molar-refractivity contribution is -0.00000681. The SMILES string of the molecule is C/C(=C\c1c(O)ccc2ccccc12)c1ccc2c(ccc3ccccc32)[o+]1.[Cl-]. The molecule has 0 bridgehead atoms. The van der Waals surface area contributed by atoms with Gasteiger partial charge in [-0.25, -0.2) is 4.42 Å². The average molecular weight is 399 g/mol. The fourth-order valence-electron chi connectivity index (χ4n) is 3.78. The Hall–Kier alpha value is -3.36. The number of phenolic OH excluding ortho intramolecular Hbond substituents is 1. The van der Waals surface area contributed by atoms with Crippen molar-refractivity contribution in [3.63, 3.8) is 0 Å². The topological polar surface area (TPSA) is 31.5 Å². The molecule has 1 aromatic heterocycles. The van der Waals surface area contributed by atoms with Gasteiger partial charge in [-0.3, -0.25) is 0 Å². The van der Waals surface area contributed by atoms with Crippen LogP contribution in [-0.2, 0) is 0 Å². The Bertz CT molecular complexity index is 1390. The van der Waals surface area contributed by atoms with Crippen LogP contribution in [-0.4, -0.2) is 5.11 Å². The van der Waals surface area contributed by atoms with Gasteiger partial charge in [0.2, 0.25) is 0 Å².